The third kappa shape index (κ3) is 5.35. The zero-order valence-corrected chi connectivity index (χ0v) is 16.8. The Morgan fingerprint density at radius 3 is 2.33 bits per heavy atom. The van der Waals surface area contributed by atoms with E-state index in [2.05, 4.69) is 0 Å². The van der Waals surface area contributed by atoms with Crippen LogP contribution in [0.15, 0.2) is 76.3 Å². The van der Waals surface area contributed by atoms with Gasteiger partial charge < -0.3 is 9.47 Å². The molecule has 7 heteroatoms. The van der Waals surface area contributed by atoms with E-state index in [-0.39, 0.29) is 6.61 Å². The first kappa shape index (κ1) is 20.9. The van der Waals surface area contributed by atoms with Crippen molar-refractivity contribution in [3.8, 4) is 5.75 Å². The molecule has 154 valence electrons. The van der Waals surface area contributed by atoms with Gasteiger partial charge in [-0.15, -0.1) is 0 Å². The third-order valence-corrected chi connectivity index (χ3v) is 4.53. The van der Waals surface area contributed by atoms with Crippen LogP contribution >= 0.6 is 0 Å². The van der Waals surface area contributed by atoms with Crippen LogP contribution < -0.4 is 16.0 Å². The second-order valence-electron chi connectivity index (χ2n) is 6.66. The number of benzene rings is 2. The molecule has 0 N–H and O–H groups in total. The first-order valence-electron chi connectivity index (χ1n) is 9.31. The van der Waals surface area contributed by atoms with E-state index in [0.29, 0.717) is 12.3 Å². The molecule has 1 heterocycles. The van der Waals surface area contributed by atoms with Crippen LogP contribution in [0.4, 0.5) is 0 Å². The standard InChI is InChI=1S/C23H22N2O5/c1-24-19(14-21(26)25(2)23(24)28)16-30-22(27)13-10-17-8-11-20(12-9-17)29-15-18-6-4-3-5-7-18/h3-14H,15-16H2,1-2H3/b13-10+. The number of carbonyl (C=O) groups is 1. The van der Waals surface area contributed by atoms with Crippen LogP contribution in [0, 0.1) is 0 Å². The summed E-state index contributed by atoms with van der Waals surface area (Å²) in [6, 6.07) is 18.4. The summed E-state index contributed by atoms with van der Waals surface area (Å²) in [6.07, 6.45) is 2.91. The number of nitrogens with zero attached hydrogens (tertiary/aromatic N) is 2. The Labute approximate surface area is 173 Å². The van der Waals surface area contributed by atoms with Crippen molar-refractivity contribution in [2.75, 3.05) is 0 Å². The van der Waals surface area contributed by atoms with Crippen molar-refractivity contribution in [3.63, 3.8) is 0 Å². The molecule has 0 aliphatic rings. The summed E-state index contributed by atoms with van der Waals surface area (Å²) in [5, 5.41) is 0. The molecule has 0 saturated heterocycles. The minimum absolute atomic E-state index is 0.169. The summed E-state index contributed by atoms with van der Waals surface area (Å²) >= 11 is 0. The lowest BCUT2D eigenvalue weighted by Crippen LogP contribution is -2.38. The summed E-state index contributed by atoms with van der Waals surface area (Å²) in [5.41, 5.74) is 1.29. The van der Waals surface area contributed by atoms with E-state index >= 15 is 0 Å². The Bertz CT molecular complexity index is 1160. The highest BCUT2D eigenvalue weighted by atomic mass is 16.5. The Morgan fingerprint density at radius 2 is 1.63 bits per heavy atom. The van der Waals surface area contributed by atoms with Gasteiger partial charge in [0.1, 0.15) is 19.0 Å². The molecule has 0 aliphatic carbocycles. The lowest BCUT2D eigenvalue weighted by atomic mass is 10.2. The molecule has 0 atom stereocenters. The molecular formula is C23H22N2O5. The Morgan fingerprint density at radius 1 is 0.933 bits per heavy atom. The van der Waals surface area contributed by atoms with Gasteiger partial charge >= 0.3 is 11.7 Å². The molecule has 0 fully saturated rings. The topological polar surface area (TPSA) is 79.5 Å². The molecule has 30 heavy (non-hydrogen) atoms. The van der Waals surface area contributed by atoms with Gasteiger partial charge in [-0.2, -0.15) is 0 Å². The summed E-state index contributed by atoms with van der Waals surface area (Å²) < 4.78 is 13.1. The summed E-state index contributed by atoms with van der Waals surface area (Å²) in [4.78, 5) is 35.5. The number of esters is 1. The lowest BCUT2D eigenvalue weighted by molar-refractivity contribution is -0.139. The van der Waals surface area contributed by atoms with Gasteiger partial charge in [0.05, 0.1) is 5.69 Å². The van der Waals surface area contributed by atoms with E-state index in [0.717, 1.165) is 21.4 Å². The van der Waals surface area contributed by atoms with Crippen molar-refractivity contribution in [2.45, 2.75) is 13.2 Å². The molecule has 0 unspecified atom stereocenters. The van der Waals surface area contributed by atoms with E-state index in [9.17, 15) is 14.4 Å². The average molecular weight is 406 g/mol. The largest absolute Gasteiger partial charge is 0.489 e. The van der Waals surface area contributed by atoms with Gasteiger partial charge in [-0.3, -0.25) is 13.9 Å². The van der Waals surface area contributed by atoms with Crippen molar-refractivity contribution < 1.29 is 14.3 Å². The van der Waals surface area contributed by atoms with Gasteiger partial charge in [-0.05, 0) is 29.3 Å². The fourth-order valence-electron chi connectivity index (χ4n) is 2.69. The summed E-state index contributed by atoms with van der Waals surface area (Å²) in [6.45, 7) is 0.310. The average Bonchev–Trinajstić information content (AvgIpc) is 2.77. The monoisotopic (exact) mass is 406 g/mol. The molecule has 0 bridgehead atoms. The van der Waals surface area contributed by atoms with Crippen LogP contribution in [0.3, 0.4) is 0 Å². The molecule has 3 rings (SSSR count). The SMILES string of the molecule is Cn1c(COC(=O)/C=C/c2ccc(OCc3ccccc3)cc2)cc(=O)n(C)c1=O. The predicted molar refractivity (Wildman–Crippen MR) is 113 cm³/mol. The smallest absolute Gasteiger partial charge is 0.331 e. The molecular weight excluding hydrogens is 384 g/mol. The van der Waals surface area contributed by atoms with Crippen LogP contribution in [-0.4, -0.2) is 15.1 Å². The molecule has 0 amide bonds. The molecule has 0 aliphatic heterocycles. The van der Waals surface area contributed by atoms with Crippen molar-refractivity contribution >= 4 is 12.0 Å². The maximum atomic E-state index is 12.0. The van der Waals surface area contributed by atoms with Crippen molar-refractivity contribution in [1.29, 1.82) is 0 Å². The molecule has 0 radical (unpaired) electrons. The van der Waals surface area contributed by atoms with Crippen LogP contribution in [0.5, 0.6) is 5.75 Å². The second-order valence-corrected chi connectivity index (χ2v) is 6.66. The van der Waals surface area contributed by atoms with E-state index in [4.69, 9.17) is 9.47 Å². The summed E-state index contributed by atoms with van der Waals surface area (Å²) in [7, 11) is 2.91. The van der Waals surface area contributed by atoms with Crippen molar-refractivity contribution in [3.05, 3.63) is 104 Å². The van der Waals surface area contributed by atoms with Gasteiger partial charge in [-0.25, -0.2) is 9.59 Å². The number of carbonyl (C=O) groups excluding carboxylic acids is 1. The highest BCUT2D eigenvalue weighted by molar-refractivity contribution is 5.87. The Hall–Kier alpha value is -3.87. The fourth-order valence-corrected chi connectivity index (χ4v) is 2.69. The molecule has 7 nitrogen and oxygen atoms in total. The highest BCUT2D eigenvalue weighted by Crippen LogP contribution is 2.15. The zero-order chi connectivity index (χ0) is 21.5. The highest BCUT2D eigenvalue weighted by Gasteiger charge is 2.07. The second kappa shape index (κ2) is 9.56. The number of ether oxygens (including phenoxy) is 2. The number of hydrogen-bond donors (Lipinski definition) is 0. The van der Waals surface area contributed by atoms with Gasteiger partial charge in [0.2, 0.25) is 0 Å². The number of rotatable bonds is 7. The Balaban J connectivity index is 1.54. The van der Waals surface area contributed by atoms with Crippen molar-refractivity contribution in [1.82, 2.24) is 9.13 Å². The van der Waals surface area contributed by atoms with Crippen LogP contribution in [-0.2, 0) is 36.8 Å². The molecule has 2 aromatic carbocycles. The minimum Gasteiger partial charge on any atom is -0.489 e. The van der Waals surface area contributed by atoms with Gasteiger partial charge in [0, 0.05) is 26.2 Å². The number of aromatic nitrogens is 2. The maximum absolute atomic E-state index is 12.0. The normalized spacial score (nSPS) is 10.9. The van der Waals surface area contributed by atoms with Crippen LogP contribution in [0.1, 0.15) is 16.8 Å². The van der Waals surface area contributed by atoms with Crippen LogP contribution in [0.2, 0.25) is 0 Å². The molecule has 0 saturated carbocycles. The van der Waals surface area contributed by atoms with Gasteiger partial charge in [-0.1, -0.05) is 42.5 Å². The molecule has 0 spiro atoms. The van der Waals surface area contributed by atoms with Gasteiger partial charge in [0.15, 0.2) is 0 Å². The predicted octanol–water partition coefficient (Wildman–Crippen LogP) is 2.42. The zero-order valence-electron chi connectivity index (χ0n) is 16.8. The number of hydrogen-bond acceptors (Lipinski definition) is 5. The first-order chi connectivity index (χ1) is 14.4. The van der Waals surface area contributed by atoms with Gasteiger partial charge in [0.25, 0.3) is 5.56 Å². The quantitative estimate of drug-likeness (QED) is 0.445. The lowest BCUT2D eigenvalue weighted by Gasteiger charge is -2.09. The first-order valence-corrected chi connectivity index (χ1v) is 9.31. The minimum atomic E-state index is -0.576. The van der Waals surface area contributed by atoms with Crippen LogP contribution in [0.25, 0.3) is 6.08 Å². The van der Waals surface area contributed by atoms with E-state index in [1.165, 1.54) is 30.8 Å². The molecule has 1 aromatic heterocycles. The van der Waals surface area contributed by atoms with E-state index in [1.807, 2.05) is 54.6 Å². The van der Waals surface area contributed by atoms with E-state index in [1.54, 1.807) is 6.08 Å². The third-order valence-electron chi connectivity index (χ3n) is 4.53. The molecule has 3 aromatic rings. The van der Waals surface area contributed by atoms with E-state index < -0.39 is 17.2 Å². The summed E-state index contributed by atoms with van der Waals surface area (Å²) in [5.74, 6) is 0.151. The fraction of sp³-hybridized carbons (Fsp3) is 0.174. The maximum Gasteiger partial charge on any atom is 0.331 e. The van der Waals surface area contributed by atoms with Crippen molar-refractivity contribution in [2.24, 2.45) is 14.1 Å². The Kier molecular flexibility index (Phi) is 6.64.